The summed E-state index contributed by atoms with van der Waals surface area (Å²) in [4.78, 5) is 4.64. The van der Waals surface area contributed by atoms with Gasteiger partial charge in [0.2, 0.25) is 0 Å². The third-order valence-corrected chi connectivity index (χ3v) is 3.97. The van der Waals surface area contributed by atoms with E-state index in [9.17, 15) is 0 Å². The number of nitrogens with zero attached hydrogens (tertiary/aromatic N) is 1. The van der Waals surface area contributed by atoms with Gasteiger partial charge in [0.15, 0.2) is 0 Å². The predicted molar refractivity (Wildman–Crippen MR) is 91.5 cm³/mol. The second-order valence-corrected chi connectivity index (χ2v) is 6.47. The van der Waals surface area contributed by atoms with Crippen LogP contribution in [0.2, 0.25) is 0 Å². The highest BCUT2D eigenvalue weighted by Gasteiger charge is 2.14. The molecule has 0 saturated carbocycles. The van der Waals surface area contributed by atoms with Crippen LogP contribution in [0.15, 0.2) is 33.2 Å². The lowest BCUT2D eigenvalue weighted by molar-refractivity contribution is 0.476. The van der Waals surface area contributed by atoms with E-state index in [1.165, 1.54) is 0 Å². The summed E-state index contributed by atoms with van der Waals surface area (Å²) >= 11 is 12.0. The van der Waals surface area contributed by atoms with Crippen LogP contribution < -0.4 is 10.5 Å². The van der Waals surface area contributed by atoms with Gasteiger partial charge in [-0.2, -0.15) is 0 Å². The van der Waals surface area contributed by atoms with Gasteiger partial charge in [0, 0.05) is 16.2 Å². The van der Waals surface area contributed by atoms with Crippen molar-refractivity contribution in [3.8, 4) is 11.5 Å². The summed E-state index contributed by atoms with van der Waals surface area (Å²) in [5.74, 6) is 1.31. The number of halogens is 2. The lowest BCUT2D eigenvalue weighted by Crippen LogP contribution is -2.14. The Kier molecular flexibility index (Phi) is 4.78. The minimum absolute atomic E-state index is 0.276. The van der Waals surface area contributed by atoms with Gasteiger partial charge in [0.25, 0.3) is 0 Å². The molecule has 1 aromatic heterocycles. The number of thiocarbonyl (C=S) groups is 1. The Morgan fingerprint density at radius 3 is 2.50 bits per heavy atom. The first kappa shape index (κ1) is 15.4. The molecule has 0 aliphatic heterocycles. The average molecular weight is 416 g/mol. The topological polar surface area (TPSA) is 48.1 Å². The van der Waals surface area contributed by atoms with Gasteiger partial charge in [-0.1, -0.05) is 28.1 Å². The van der Waals surface area contributed by atoms with Gasteiger partial charge < -0.3 is 10.5 Å². The van der Waals surface area contributed by atoms with Crippen LogP contribution >= 0.6 is 44.1 Å². The van der Waals surface area contributed by atoms with Crippen LogP contribution in [0.5, 0.6) is 11.5 Å². The SMILES string of the molecule is Cc1cc(Oc2ccc(Br)cc2Br)c(C(N)=S)c(C)n1. The third-order valence-electron chi connectivity index (χ3n) is 2.65. The first-order valence-corrected chi connectivity index (χ1v) is 7.79. The number of hydrogen-bond acceptors (Lipinski definition) is 3. The Labute approximate surface area is 139 Å². The van der Waals surface area contributed by atoms with E-state index in [-0.39, 0.29) is 4.99 Å². The highest BCUT2D eigenvalue weighted by Crippen LogP contribution is 2.34. The summed E-state index contributed by atoms with van der Waals surface area (Å²) in [5.41, 5.74) is 8.06. The molecule has 2 aromatic rings. The van der Waals surface area contributed by atoms with E-state index < -0.39 is 0 Å². The van der Waals surface area contributed by atoms with Crippen molar-refractivity contribution in [2.24, 2.45) is 5.73 Å². The second-order valence-electron chi connectivity index (χ2n) is 4.26. The van der Waals surface area contributed by atoms with E-state index in [0.29, 0.717) is 17.1 Å². The smallest absolute Gasteiger partial charge is 0.141 e. The average Bonchev–Trinajstić information content (AvgIpc) is 2.31. The molecule has 0 unspecified atom stereocenters. The molecular weight excluding hydrogens is 404 g/mol. The van der Waals surface area contributed by atoms with Crippen LogP contribution in [0.25, 0.3) is 0 Å². The molecule has 2 N–H and O–H groups in total. The van der Waals surface area contributed by atoms with Crippen LogP contribution in [0.4, 0.5) is 0 Å². The maximum atomic E-state index is 5.94. The molecule has 0 atom stereocenters. The number of ether oxygens (including phenoxy) is 1. The van der Waals surface area contributed by atoms with Crippen LogP contribution in [0, 0.1) is 13.8 Å². The zero-order chi connectivity index (χ0) is 14.9. The Balaban J connectivity index is 2.50. The second kappa shape index (κ2) is 6.20. The molecule has 0 bridgehead atoms. The molecule has 20 heavy (non-hydrogen) atoms. The van der Waals surface area contributed by atoms with Gasteiger partial charge >= 0.3 is 0 Å². The van der Waals surface area contributed by atoms with Crippen molar-refractivity contribution >= 4 is 49.1 Å². The maximum Gasteiger partial charge on any atom is 0.141 e. The lowest BCUT2D eigenvalue weighted by atomic mass is 10.1. The molecule has 0 fully saturated rings. The van der Waals surface area contributed by atoms with Gasteiger partial charge in [-0.05, 0) is 48.0 Å². The molecule has 104 valence electrons. The normalized spacial score (nSPS) is 10.4. The first-order valence-electron chi connectivity index (χ1n) is 5.79. The van der Waals surface area contributed by atoms with E-state index in [1.807, 2.05) is 38.1 Å². The first-order chi connectivity index (χ1) is 9.38. The molecule has 1 aromatic carbocycles. The molecule has 0 aliphatic carbocycles. The molecule has 0 spiro atoms. The van der Waals surface area contributed by atoms with Crippen molar-refractivity contribution in [1.29, 1.82) is 0 Å². The maximum absolute atomic E-state index is 5.94. The molecule has 2 rings (SSSR count). The van der Waals surface area contributed by atoms with E-state index in [0.717, 1.165) is 20.3 Å². The summed E-state index contributed by atoms with van der Waals surface area (Å²) < 4.78 is 7.75. The molecule has 1 heterocycles. The lowest BCUT2D eigenvalue weighted by Gasteiger charge is -2.14. The van der Waals surface area contributed by atoms with Crippen molar-refractivity contribution in [3.63, 3.8) is 0 Å². The van der Waals surface area contributed by atoms with Crippen LogP contribution in [-0.4, -0.2) is 9.97 Å². The Morgan fingerprint density at radius 1 is 1.20 bits per heavy atom. The monoisotopic (exact) mass is 414 g/mol. The van der Waals surface area contributed by atoms with Gasteiger partial charge in [-0.3, -0.25) is 4.98 Å². The number of rotatable bonds is 3. The van der Waals surface area contributed by atoms with Gasteiger partial charge in [-0.15, -0.1) is 0 Å². The molecule has 0 amide bonds. The quantitative estimate of drug-likeness (QED) is 0.741. The fraction of sp³-hybridized carbons (Fsp3) is 0.143. The number of benzene rings is 1. The standard InChI is InChI=1S/C14H12Br2N2OS/c1-7-5-12(13(14(17)20)8(2)18-7)19-11-4-3-9(15)6-10(11)16/h3-6H,1-2H3,(H2,17,20). The summed E-state index contributed by atoms with van der Waals surface area (Å²) in [5, 5.41) is 0. The van der Waals surface area contributed by atoms with Gasteiger partial charge in [0.1, 0.15) is 16.5 Å². The number of nitrogens with two attached hydrogens (primary N) is 1. The molecule has 6 heteroatoms. The fourth-order valence-electron chi connectivity index (χ4n) is 1.85. The van der Waals surface area contributed by atoms with Gasteiger partial charge in [0.05, 0.1) is 15.7 Å². The summed E-state index contributed by atoms with van der Waals surface area (Å²) in [7, 11) is 0. The fourth-order valence-corrected chi connectivity index (χ4v) is 3.23. The number of hydrogen-bond donors (Lipinski definition) is 1. The zero-order valence-corrected chi connectivity index (χ0v) is 14.9. The third kappa shape index (κ3) is 3.37. The van der Waals surface area contributed by atoms with E-state index in [2.05, 4.69) is 36.8 Å². The Hall–Kier alpha value is -0.980. The van der Waals surface area contributed by atoms with Crippen molar-refractivity contribution in [2.75, 3.05) is 0 Å². The van der Waals surface area contributed by atoms with Crippen LogP contribution in [0.3, 0.4) is 0 Å². The minimum Gasteiger partial charge on any atom is -0.455 e. The summed E-state index contributed by atoms with van der Waals surface area (Å²) in [6.07, 6.45) is 0. The molecule has 0 saturated heterocycles. The van der Waals surface area contributed by atoms with Gasteiger partial charge in [-0.25, -0.2) is 0 Å². The molecule has 0 radical (unpaired) electrons. The molecule has 0 aliphatic rings. The van der Waals surface area contributed by atoms with Crippen molar-refractivity contribution in [3.05, 3.63) is 50.2 Å². The van der Waals surface area contributed by atoms with Crippen molar-refractivity contribution in [2.45, 2.75) is 13.8 Å². The number of aromatic nitrogens is 1. The van der Waals surface area contributed by atoms with E-state index in [1.54, 1.807) is 0 Å². The van der Waals surface area contributed by atoms with Crippen LogP contribution in [-0.2, 0) is 0 Å². The van der Waals surface area contributed by atoms with Crippen LogP contribution in [0.1, 0.15) is 17.0 Å². The van der Waals surface area contributed by atoms with E-state index in [4.69, 9.17) is 22.7 Å². The van der Waals surface area contributed by atoms with E-state index >= 15 is 0 Å². The number of pyridine rings is 1. The zero-order valence-electron chi connectivity index (χ0n) is 10.9. The largest absolute Gasteiger partial charge is 0.455 e. The minimum atomic E-state index is 0.276. The predicted octanol–water partition coefficient (Wildman–Crippen LogP) is 4.65. The summed E-state index contributed by atoms with van der Waals surface area (Å²) in [6.45, 7) is 3.77. The molecule has 3 nitrogen and oxygen atoms in total. The summed E-state index contributed by atoms with van der Waals surface area (Å²) in [6, 6.07) is 7.51. The van der Waals surface area contributed by atoms with Crippen molar-refractivity contribution in [1.82, 2.24) is 4.98 Å². The highest BCUT2D eigenvalue weighted by atomic mass is 79.9. The number of aryl methyl sites for hydroxylation is 2. The highest BCUT2D eigenvalue weighted by molar-refractivity contribution is 9.11. The molecular formula is C14H12Br2N2OS. The Morgan fingerprint density at radius 2 is 1.90 bits per heavy atom. The Bertz CT molecular complexity index is 689. The van der Waals surface area contributed by atoms with Crippen molar-refractivity contribution < 1.29 is 4.74 Å².